The Hall–Kier alpha value is -0.610. The molecular formula is C16H30N2O2. The number of nitrogens with zero attached hydrogens (tertiary/aromatic N) is 1. The van der Waals surface area contributed by atoms with Crippen LogP contribution in [0.4, 0.5) is 0 Å². The summed E-state index contributed by atoms with van der Waals surface area (Å²) in [6.45, 7) is 11.3. The highest BCUT2D eigenvalue weighted by Gasteiger charge is 2.43. The molecule has 2 unspecified atom stereocenters. The lowest BCUT2D eigenvalue weighted by atomic mass is 9.81. The minimum Gasteiger partial charge on any atom is -0.381 e. The molecule has 1 amide bonds. The SMILES string of the molecule is CCCC1NC(C(C)C)C(=O)N1CC1(C)CCOCC1. The van der Waals surface area contributed by atoms with Gasteiger partial charge in [-0.1, -0.05) is 34.1 Å². The summed E-state index contributed by atoms with van der Waals surface area (Å²) in [6, 6.07) is -0.00464. The van der Waals surface area contributed by atoms with Crippen molar-refractivity contribution in [1.82, 2.24) is 10.2 Å². The van der Waals surface area contributed by atoms with Crippen LogP contribution < -0.4 is 5.32 Å². The number of carbonyl (C=O) groups excluding carboxylic acids is 1. The Bertz CT molecular complexity index is 337. The predicted molar refractivity (Wildman–Crippen MR) is 80.3 cm³/mol. The van der Waals surface area contributed by atoms with Gasteiger partial charge in [-0.2, -0.15) is 0 Å². The van der Waals surface area contributed by atoms with Gasteiger partial charge >= 0.3 is 0 Å². The fourth-order valence-electron chi connectivity index (χ4n) is 3.31. The molecule has 116 valence electrons. The van der Waals surface area contributed by atoms with Crippen LogP contribution >= 0.6 is 0 Å². The number of hydrogen-bond acceptors (Lipinski definition) is 3. The van der Waals surface area contributed by atoms with Gasteiger partial charge < -0.3 is 9.64 Å². The second-order valence-corrected chi connectivity index (χ2v) is 7.08. The van der Waals surface area contributed by atoms with Crippen molar-refractivity contribution < 1.29 is 9.53 Å². The summed E-state index contributed by atoms with van der Waals surface area (Å²) in [5, 5.41) is 3.54. The maximum absolute atomic E-state index is 12.7. The van der Waals surface area contributed by atoms with Crippen molar-refractivity contribution in [3.63, 3.8) is 0 Å². The second-order valence-electron chi connectivity index (χ2n) is 7.08. The Morgan fingerprint density at radius 3 is 2.60 bits per heavy atom. The standard InChI is InChI=1S/C16H30N2O2/c1-5-6-13-17-14(12(2)3)15(19)18(13)11-16(4)7-9-20-10-8-16/h12-14,17H,5-11H2,1-4H3. The van der Waals surface area contributed by atoms with Crippen molar-refractivity contribution >= 4 is 5.91 Å². The van der Waals surface area contributed by atoms with E-state index < -0.39 is 0 Å². The van der Waals surface area contributed by atoms with Crippen LogP contribution in [0.25, 0.3) is 0 Å². The minimum atomic E-state index is -0.00464. The van der Waals surface area contributed by atoms with E-state index in [1.54, 1.807) is 0 Å². The predicted octanol–water partition coefficient (Wildman–Crippen LogP) is 2.39. The summed E-state index contributed by atoms with van der Waals surface area (Å²) in [4.78, 5) is 14.8. The lowest BCUT2D eigenvalue weighted by Crippen LogP contribution is -2.45. The van der Waals surface area contributed by atoms with Crippen molar-refractivity contribution in [2.45, 2.75) is 65.6 Å². The molecule has 2 aliphatic heterocycles. The molecule has 1 N–H and O–H groups in total. The van der Waals surface area contributed by atoms with Crippen molar-refractivity contribution in [2.24, 2.45) is 11.3 Å². The molecule has 20 heavy (non-hydrogen) atoms. The first-order chi connectivity index (χ1) is 9.47. The van der Waals surface area contributed by atoms with E-state index in [9.17, 15) is 4.79 Å². The Morgan fingerprint density at radius 1 is 1.40 bits per heavy atom. The van der Waals surface area contributed by atoms with Gasteiger partial charge in [0.1, 0.15) is 0 Å². The molecule has 0 aromatic rings. The fraction of sp³-hybridized carbons (Fsp3) is 0.938. The first-order valence-corrected chi connectivity index (χ1v) is 8.11. The monoisotopic (exact) mass is 282 g/mol. The number of ether oxygens (including phenoxy) is 1. The molecule has 0 bridgehead atoms. The van der Waals surface area contributed by atoms with E-state index >= 15 is 0 Å². The summed E-state index contributed by atoms with van der Waals surface area (Å²) < 4.78 is 5.47. The van der Waals surface area contributed by atoms with Gasteiger partial charge in [-0.15, -0.1) is 0 Å². The van der Waals surface area contributed by atoms with Crippen LogP contribution in [0.2, 0.25) is 0 Å². The van der Waals surface area contributed by atoms with Crippen LogP contribution in [0.3, 0.4) is 0 Å². The van der Waals surface area contributed by atoms with E-state index in [1.807, 2.05) is 0 Å². The Kier molecular flexibility index (Phi) is 5.08. The molecular weight excluding hydrogens is 252 g/mol. The molecule has 2 aliphatic rings. The molecule has 2 heterocycles. The van der Waals surface area contributed by atoms with Crippen LogP contribution in [0.1, 0.15) is 53.4 Å². The van der Waals surface area contributed by atoms with Gasteiger partial charge in [0.15, 0.2) is 0 Å². The first kappa shape index (κ1) is 15.8. The van der Waals surface area contributed by atoms with E-state index in [2.05, 4.69) is 37.9 Å². The van der Waals surface area contributed by atoms with Crippen molar-refractivity contribution in [2.75, 3.05) is 19.8 Å². The molecule has 0 spiro atoms. The number of amides is 1. The Morgan fingerprint density at radius 2 is 2.05 bits per heavy atom. The van der Waals surface area contributed by atoms with E-state index in [1.165, 1.54) is 0 Å². The topological polar surface area (TPSA) is 41.6 Å². The van der Waals surface area contributed by atoms with Crippen molar-refractivity contribution in [1.29, 1.82) is 0 Å². The second kappa shape index (κ2) is 6.44. The van der Waals surface area contributed by atoms with E-state index in [0.29, 0.717) is 11.8 Å². The van der Waals surface area contributed by atoms with Gasteiger partial charge in [0.2, 0.25) is 5.91 Å². The van der Waals surface area contributed by atoms with Gasteiger partial charge in [0.05, 0.1) is 12.2 Å². The summed E-state index contributed by atoms with van der Waals surface area (Å²) in [7, 11) is 0. The van der Waals surface area contributed by atoms with Crippen LogP contribution in [-0.4, -0.2) is 42.8 Å². The molecule has 2 saturated heterocycles. The highest BCUT2D eigenvalue weighted by molar-refractivity contribution is 5.84. The van der Waals surface area contributed by atoms with E-state index in [4.69, 9.17) is 4.74 Å². The summed E-state index contributed by atoms with van der Waals surface area (Å²) >= 11 is 0. The van der Waals surface area contributed by atoms with Gasteiger partial charge in [0.25, 0.3) is 0 Å². The molecule has 2 atom stereocenters. The van der Waals surface area contributed by atoms with Gasteiger partial charge in [-0.3, -0.25) is 10.1 Å². The van der Waals surface area contributed by atoms with Crippen LogP contribution in [0, 0.1) is 11.3 Å². The Balaban J connectivity index is 2.07. The van der Waals surface area contributed by atoms with Crippen molar-refractivity contribution in [3.05, 3.63) is 0 Å². The third-order valence-electron chi connectivity index (χ3n) is 4.78. The number of carbonyl (C=O) groups is 1. The largest absolute Gasteiger partial charge is 0.381 e. The molecule has 0 aliphatic carbocycles. The molecule has 0 aromatic carbocycles. The molecule has 0 radical (unpaired) electrons. The zero-order valence-corrected chi connectivity index (χ0v) is 13.4. The number of nitrogens with one attached hydrogen (secondary N) is 1. The van der Waals surface area contributed by atoms with Crippen molar-refractivity contribution in [3.8, 4) is 0 Å². The van der Waals surface area contributed by atoms with Gasteiger partial charge in [-0.05, 0) is 30.6 Å². The number of hydrogen-bond donors (Lipinski definition) is 1. The summed E-state index contributed by atoms with van der Waals surface area (Å²) in [5.74, 6) is 0.653. The Labute approximate surface area is 123 Å². The highest BCUT2D eigenvalue weighted by Crippen LogP contribution is 2.33. The third kappa shape index (κ3) is 3.34. The molecule has 4 heteroatoms. The maximum atomic E-state index is 12.7. The smallest absolute Gasteiger partial charge is 0.241 e. The average molecular weight is 282 g/mol. The lowest BCUT2D eigenvalue weighted by Gasteiger charge is -2.38. The highest BCUT2D eigenvalue weighted by atomic mass is 16.5. The normalized spacial score (nSPS) is 30.2. The van der Waals surface area contributed by atoms with Crippen LogP contribution in [0.15, 0.2) is 0 Å². The third-order valence-corrected chi connectivity index (χ3v) is 4.78. The maximum Gasteiger partial charge on any atom is 0.241 e. The molecule has 2 rings (SSSR count). The zero-order valence-electron chi connectivity index (χ0n) is 13.4. The van der Waals surface area contributed by atoms with Gasteiger partial charge in [0, 0.05) is 19.8 Å². The molecule has 0 saturated carbocycles. The summed E-state index contributed by atoms with van der Waals surface area (Å²) in [5.41, 5.74) is 0.216. The molecule has 0 aromatic heterocycles. The fourth-order valence-corrected chi connectivity index (χ4v) is 3.31. The van der Waals surface area contributed by atoms with Crippen LogP contribution in [-0.2, 0) is 9.53 Å². The lowest BCUT2D eigenvalue weighted by molar-refractivity contribution is -0.133. The van der Waals surface area contributed by atoms with Gasteiger partial charge in [-0.25, -0.2) is 0 Å². The minimum absolute atomic E-state index is 0.00464. The van der Waals surface area contributed by atoms with E-state index in [-0.39, 0.29) is 17.6 Å². The quantitative estimate of drug-likeness (QED) is 0.842. The number of rotatable bonds is 5. The summed E-state index contributed by atoms with van der Waals surface area (Å²) in [6.07, 6.45) is 4.48. The van der Waals surface area contributed by atoms with Crippen LogP contribution in [0.5, 0.6) is 0 Å². The first-order valence-electron chi connectivity index (χ1n) is 8.11. The molecule has 4 nitrogen and oxygen atoms in total. The average Bonchev–Trinajstić information content (AvgIpc) is 2.69. The van der Waals surface area contributed by atoms with E-state index in [0.717, 1.165) is 45.4 Å². The zero-order chi connectivity index (χ0) is 14.8. The molecule has 2 fully saturated rings.